The summed E-state index contributed by atoms with van der Waals surface area (Å²) in [7, 11) is -3.44. The van der Waals surface area contributed by atoms with Crippen molar-refractivity contribution >= 4 is 10.0 Å². The van der Waals surface area contributed by atoms with Crippen LogP contribution < -0.4 is 0 Å². The predicted molar refractivity (Wildman–Crippen MR) is 107 cm³/mol. The standard InChI is InChI=1S/C20H30N4O2S/c1-16-6-7-17(2)20(14-16)27(25,26)23-9-5-8-22(10-12-23)11-13-24-19(4)15-18(3)21-24/h6-7,14-15H,5,8-13H2,1-4H3. The van der Waals surface area contributed by atoms with Crippen molar-refractivity contribution in [3.63, 3.8) is 0 Å². The van der Waals surface area contributed by atoms with E-state index < -0.39 is 10.0 Å². The molecule has 148 valence electrons. The number of benzene rings is 1. The lowest BCUT2D eigenvalue weighted by Crippen LogP contribution is -2.36. The molecular formula is C20H30N4O2S. The van der Waals surface area contributed by atoms with Crippen LogP contribution >= 0.6 is 0 Å². The maximum absolute atomic E-state index is 13.1. The predicted octanol–water partition coefficient (Wildman–Crippen LogP) is 2.51. The number of nitrogens with zero attached hydrogens (tertiary/aromatic N) is 4. The van der Waals surface area contributed by atoms with E-state index in [2.05, 4.69) is 23.0 Å². The Morgan fingerprint density at radius 3 is 2.44 bits per heavy atom. The molecule has 6 nitrogen and oxygen atoms in total. The molecule has 1 aliphatic rings. The summed E-state index contributed by atoms with van der Waals surface area (Å²) in [4.78, 5) is 2.79. The smallest absolute Gasteiger partial charge is 0.243 e. The fourth-order valence-electron chi connectivity index (χ4n) is 3.67. The zero-order chi connectivity index (χ0) is 19.6. The highest BCUT2D eigenvalue weighted by Crippen LogP contribution is 2.22. The van der Waals surface area contributed by atoms with Gasteiger partial charge in [-0.25, -0.2) is 8.42 Å². The Balaban J connectivity index is 1.65. The summed E-state index contributed by atoms with van der Waals surface area (Å²) in [5.41, 5.74) is 3.99. The van der Waals surface area contributed by atoms with Gasteiger partial charge in [-0.1, -0.05) is 12.1 Å². The van der Waals surface area contributed by atoms with E-state index in [1.165, 1.54) is 5.69 Å². The molecule has 0 unspecified atom stereocenters. The minimum Gasteiger partial charge on any atom is -0.300 e. The summed E-state index contributed by atoms with van der Waals surface area (Å²) in [5, 5.41) is 4.51. The normalized spacial score (nSPS) is 17.2. The van der Waals surface area contributed by atoms with Crippen LogP contribution in [0.25, 0.3) is 0 Å². The molecule has 0 saturated carbocycles. The van der Waals surface area contributed by atoms with E-state index in [4.69, 9.17) is 0 Å². The molecule has 1 aliphatic heterocycles. The maximum Gasteiger partial charge on any atom is 0.243 e. The van der Waals surface area contributed by atoms with Crippen LogP contribution in [0.3, 0.4) is 0 Å². The van der Waals surface area contributed by atoms with E-state index in [0.717, 1.165) is 49.4 Å². The summed E-state index contributed by atoms with van der Waals surface area (Å²) in [6, 6.07) is 7.72. The third-order valence-electron chi connectivity index (χ3n) is 5.24. The third-order valence-corrected chi connectivity index (χ3v) is 7.28. The quantitative estimate of drug-likeness (QED) is 0.787. The van der Waals surface area contributed by atoms with E-state index in [9.17, 15) is 8.42 Å². The summed E-state index contributed by atoms with van der Waals surface area (Å²) in [6.45, 7) is 12.4. The van der Waals surface area contributed by atoms with E-state index in [1.807, 2.05) is 37.6 Å². The second kappa shape index (κ2) is 8.12. The van der Waals surface area contributed by atoms with Gasteiger partial charge in [-0.3, -0.25) is 4.68 Å². The largest absolute Gasteiger partial charge is 0.300 e. The van der Waals surface area contributed by atoms with Crippen LogP contribution in [0.2, 0.25) is 0 Å². The van der Waals surface area contributed by atoms with Crippen molar-refractivity contribution in [1.82, 2.24) is 19.0 Å². The van der Waals surface area contributed by atoms with Gasteiger partial charge in [0.2, 0.25) is 10.0 Å². The molecule has 1 aromatic heterocycles. The third kappa shape index (κ3) is 4.59. The SMILES string of the molecule is Cc1ccc(C)c(S(=O)(=O)N2CCCN(CCn3nc(C)cc3C)CC2)c1. The number of rotatable bonds is 5. The number of sulfonamides is 1. The van der Waals surface area contributed by atoms with Crippen molar-refractivity contribution in [3.05, 3.63) is 46.8 Å². The van der Waals surface area contributed by atoms with E-state index in [-0.39, 0.29) is 0 Å². The van der Waals surface area contributed by atoms with Crippen molar-refractivity contribution in [3.8, 4) is 0 Å². The summed E-state index contributed by atoms with van der Waals surface area (Å²) < 4.78 is 30.0. The number of aromatic nitrogens is 2. The Bertz CT molecular complexity index is 905. The molecule has 1 fully saturated rings. The lowest BCUT2D eigenvalue weighted by molar-refractivity contribution is 0.269. The Hall–Kier alpha value is -1.70. The Kier molecular flexibility index (Phi) is 6.03. The first-order valence-electron chi connectivity index (χ1n) is 9.58. The molecule has 27 heavy (non-hydrogen) atoms. The van der Waals surface area contributed by atoms with Crippen LogP contribution in [0.15, 0.2) is 29.2 Å². The zero-order valence-corrected chi connectivity index (χ0v) is 17.6. The Morgan fingerprint density at radius 2 is 1.74 bits per heavy atom. The minimum absolute atomic E-state index is 0.443. The Labute approximate surface area is 162 Å². The summed E-state index contributed by atoms with van der Waals surface area (Å²) in [5.74, 6) is 0. The van der Waals surface area contributed by atoms with E-state index in [1.54, 1.807) is 10.4 Å². The lowest BCUT2D eigenvalue weighted by Gasteiger charge is -2.22. The fraction of sp³-hybridized carbons (Fsp3) is 0.550. The van der Waals surface area contributed by atoms with Crippen LogP contribution in [0.5, 0.6) is 0 Å². The summed E-state index contributed by atoms with van der Waals surface area (Å²) >= 11 is 0. The van der Waals surface area contributed by atoms with Crippen LogP contribution in [0.4, 0.5) is 0 Å². The molecule has 3 rings (SSSR count). The molecule has 1 saturated heterocycles. The summed E-state index contributed by atoms with van der Waals surface area (Å²) in [6.07, 6.45) is 0.848. The molecule has 1 aromatic carbocycles. The zero-order valence-electron chi connectivity index (χ0n) is 16.8. The van der Waals surface area contributed by atoms with Gasteiger partial charge in [0.15, 0.2) is 0 Å². The molecule has 0 aliphatic carbocycles. The average Bonchev–Trinajstić information content (AvgIpc) is 2.81. The number of aryl methyl sites for hydroxylation is 4. The second-order valence-corrected chi connectivity index (χ2v) is 9.42. The second-order valence-electron chi connectivity index (χ2n) is 7.52. The molecule has 7 heteroatoms. The first-order chi connectivity index (χ1) is 12.8. The van der Waals surface area contributed by atoms with Gasteiger partial charge < -0.3 is 4.90 Å². The van der Waals surface area contributed by atoms with E-state index >= 15 is 0 Å². The highest BCUT2D eigenvalue weighted by atomic mass is 32.2. The molecular weight excluding hydrogens is 360 g/mol. The molecule has 0 N–H and O–H groups in total. The van der Waals surface area contributed by atoms with Gasteiger partial charge in [0.1, 0.15) is 0 Å². The number of hydrogen-bond donors (Lipinski definition) is 0. The highest BCUT2D eigenvalue weighted by Gasteiger charge is 2.28. The van der Waals surface area contributed by atoms with Gasteiger partial charge in [0.05, 0.1) is 17.1 Å². The van der Waals surface area contributed by atoms with Gasteiger partial charge in [0, 0.05) is 31.9 Å². The molecule has 0 bridgehead atoms. The molecule has 0 spiro atoms. The van der Waals surface area contributed by atoms with Crippen molar-refractivity contribution < 1.29 is 8.42 Å². The Morgan fingerprint density at radius 1 is 0.963 bits per heavy atom. The van der Waals surface area contributed by atoms with Crippen LogP contribution in [0, 0.1) is 27.7 Å². The average molecular weight is 391 g/mol. The van der Waals surface area contributed by atoms with Crippen molar-refractivity contribution in [2.45, 2.75) is 45.6 Å². The van der Waals surface area contributed by atoms with Crippen LogP contribution in [-0.2, 0) is 16.6 Å². The van der Waals surface area contributed by atoms with Crippen LogP contribution in [-0.4, -0.2) is 60.1 Å². The van der Waals surface area contributed by atoms with Gasteiger partial charge >= 0.3 is 0 Å². The van der Waals surface area contributed by atoms with Gasteiger partial charge in [-0.05, 0) is 63.9 Å². The topological polar surface area (TPSA) is 58.4 Å². The minimum atomic E-state index is -3.44. The molecule has 0 atom stereocenters. The molecule has 2 heterocycles. The monoisotopic (exact) mass is 390 g/mol. The van der Waals surface area contributed by atoms with Crippen molar-refractivity contribution in [1.29, 1.82) is 0 Å². The van der Waals surface area contributed by atoms with Gasteiger partial charge in [0.25, 0.3) is 0 Å². The molecule has 0 radical (unpaired) electrons. The molecule has 0 amide bonds. The van der Waals surface area contributed by atoms with Crippen molar-refractivity contribution in [2.75, 3.05) is 32.7 Å². The fourth-order valence-corrected chi connectivity index (χ4v) is 5.45. The molecule has 2 aromatic rings. The maximum atomic E-state index is 13.1. The van der Waals surface area contributed by atoms with Gasteiger partial charge in [-0.15, -0.1) is 0 Å². The van der Waals surface area contributed by atoms with Crippen LogP contribution in [0.1, 0.15) is 28.9 Å². The lowest BCUT2D eigenvalue weighted by atomic mass is 10.2. The van der Waals surface area contributed by atoms with E-state index in [0.29, 0.717) is 18.0 Å². The highest BCUT2D eigenvalue weighted by molar-refractivity contribution is 7.89. The first kappa shape index (κ1) is 20.0. The first-order valence-corrected chi connectivity index (χ1v) is 11.0. The van der Waals surface area contributed by atoms with Crippen molar-refractivity contribution in [2.24, 2.45) is 0 Å². The number of hydrogen-bond acceptors (Lipinski definition) is 4. The van der Waals surface area contributed by atoms with Gasteiger partial charge in [-0.2, -0.15) is 9.40 Å².